The highest BCUT2D eigenvalue weighted by Gasteiger charge is 2.32. The number of amides is 3. The summed E-state index contributed by atoms with van der Waals surface area (Å²) in [6, 6.07) is 5.26. The van der Waals surface area contributed by atoms with Gasteiger partial charge in [-0.05, 0) is 58.9 Å². The number of benzene rings is 1. The summed E-state index contributed by atoms with van der Waals surface area (Å²) in [6.07, 6.45) is 0. The summed E-state index contributed by atoms with van der Waals surface area (Å²) in [4.78, 5) is 26.3. The lowest BCUT2D eigenvalue weighted by Crippen LogP contribution is -2.57. The fraction of sp³-hybridized carbons (Fsp3) is 0.600. The molecule has 1 saturated heterocycles. The molecular weight excluding hydrogens is 408 g/mol. The van der Waals surface area contributed by atoms with Crippen LogP contribution in [0.15, 0.2) is 29.2 Å². The van der Waals surface area contributed by atoms with Gasteiger partial charge in [0.1, 0.15) is 5.75 Å². The van der Waals surface area contributed by atoms with E-state index in [4.69, 9.17) is 4.74 Å². The molecule has 2 rings (SSSR count). The van der Waals surface area contributed by atoms with Crippen LogP contribution in [0.3, 0.4) is 0 Å². The zero-order valence-electron chi connectivity index (χ0n) is 18.3. The average molecular weight is 441 g/mol. The van der Waals surface area contributed by atoms with Crippen molar-refractivity contribution in [2.24, 2.45) is 0 Å². The second-order valence-corrected chi connectivity index (χ2v) is 10.2. The third kappa shape index (κ3) is 6.41. The summed E-state index contributed by atoms with van der Waals surface area (Å²) >= 11 is 0. The first-order valence-electron chi connectivity index (χ1n) is 10.0. The normalized spacial score (nSPS) is 17.2. The Morgan fingerprint density at radius 2 is 1.67 bits per heavy atom. The van der Waals surface area contributed by atoms with Gasteiger partial charge in [-0.15, -0.1) is 0 Å². The average Bonchev–Trinajstić information content (AvgIpc) is 2.66. The van der Waals surface area contributed by atoms with Crippen LogP contribution >= 0.6 is 0 Å². The number of urea groups is 1. The molecule has 1 aromatic carbocycles. The topological polar surface area (TPSA) is 108 Å². The zero-order chi connectivity index (χ0) is 22.5. The van der Waals surface area contributed by atoms with Crippen LogP contribution in [-0.2, 0) is 14.8 Å². The molecule has 10 heteroatoms. The molecule has 1 aromatic rings. The third-order valence-electron chi connectivity index (χ3n) is 4.70. The number of piperazine rings is 1. The largest absolute Gasteiger partial charge is 0.494 e. The van der Waals surface area contributed by atoms with Crippen molar-refractivity contribution in [2.75, 3.05) is 32.8 Å². The van der Waals surface area contributed by atoms with Gasteiger partial charge in [0, 0.05) is 31.7 Å². The van der Waals surface area contributed by atoms with E-state index in [1.165, 1.54) is 16.4 Å². The molecule has 1 aliphatic rings. The zero-order valence-corrected chi connectivity index (χ0v) is 19.1. The fourth-order valence-corrected chi connectivity index (χ4v) is 4.53. The van der Waals surface area contributed by atoms with E-state index >= 15 is 0 Å². The predicted octanol–water partition coefficient (Wildman–Crippen LogP) is 1.40. The molecule has 9 nitrogen and oxygen atoms in total. The maximum atomic E-state index is 12.9. The van der Waals surface area contributed by atoms with Gasteiger partial charge in [-0.25, -0.2) is 13.2 Å². The SMILES string of the molecule is CCOc1ccc(S(=O)(=O)N2CCN(C(C)C(=O)NC(=O)NC(C)(C)C)CC2)cc1. The smallest absolute Gasteiger partial charge is 0.321 e. The van der Waals surface area contributed by atoms with E-state index in [1.807, 2.05) is 32.6 Å². The molecule has 0 bridgehead atoms. The van der Waals surface area contributed by atoms with Gasteiger partial charge in [-0.1, -0.05) is 0 Å². The number of nitrogens with zero attached hydrogens (tertiary/aromatic N) is 2. The molecule has 1 unspecified atom stereocenters. The summed E-state index contributed by atoms with van der Waals surface area (Å²) in [5.74, 6) is 0.205. The fourth-order valence-electron chi connectivity index (χ4n) is 3.11. The van der Waals surface area contributed by atoms with Gasteiger partial charge >= 0.3 is 6.03 Å². The van der Waals surface area contributed by atoms with Crippen LogP contribution in [0, 0.1) is 0 Å². The number of imide groups is 1. The molecule has 0 spiro atoms. The molecule has 1 fully saturated rings. The quantitative estimate of drug-likeness (QED) is 0.692. The number of carbonyl (C=O) groups is 2. The molecule has 30 heavy (non-hydrogen) atoms. The van der Waals surface area contributed by atoms with E-state index in [1.54, 1.807) is 19.1 Å². The lowest BCUT2D eigenvalue weighted by molar-refractivity contribution is -0.125. The number of rotatable bonds is 6. The van der Waals surface area contributed by atoms with Crippen LogP contribution in [0.4, 0.5) is 4.79 Å². The Morgan fingerprint density at radius 1 is 1.10 bits per heavy atom. The van der Waals surface area contributed by atoms with Gasteiger partial charge in [0.25, 0.3) is 0 Å². The van der Waals surface area contributed by atoms with Crippen molar-refractivity contribution < 1.29 is 22.7 Å². The minimum Gasteiger partial charge on any atom is -0.494 e. The van der Waals surface area contributed by atoms with E-state index in [2.05, 4.69) is 10.6 Å². The Kier molecular flexibility index (Phi) is 7.84. The van der Waals surface area contributed by atoms with Crippen LogP contribution in [-0.4, -0.2) is 73.9 Å². The predicted molar refractivity (Wildman–Crippen MR) is 114 cm³/mol. The Hall–Kier alpha value is -2.17. The number of ether oxygens (including phenoxy) is 1. The Bertz CT molecular complexity index is 841. The Morgan fingerprint density at radius 3 is 2.17 bits per heavy atom. The lowest BCUT2D eigenvalue weighted by Gasteiger charge is -2.36. The number of hydrogen-bond acceptors (Lipinski definition) is 6. The van der Waals surface area contributed by atoms with Crippen molar-refractivity contribution in [3.05, 3.63) is 24.3 Å². The molecular formula is C20H32N4O5S. The number of nitrogens with one attached hydrogen (secondary N) is 2. The molecule has 2 N–H and O–H groups in total. The van der Waals surface area contributed by atoms with Crippen LogP contribution in [0.5, 0.6) is 5.75 Å². The molecule has 0 aromatic heterocycles. The molecule has 0 saturated carbocycles. The van der Waals surface area contributed by atoms with Gasteiger partial charge in [0.15, 0.2) is 0 Å². The Balaban J connectivity index is 1.93. The van der Waals surface area contributed by atoms with Crippen molar-refractivity contribution in [1.29, 1.82) is 0 Å². The number of sulfonamides is 1. The lowest BCUT2D eigenvalue weighted by atomic mass is 10.1. The van der Waals surface area contributed by atoms with Crippen LogP contribution in [0.2, 0.25) is 0 Å². The van der Waals surface area contributed by atoms with Crippen molar-refractivity contribution in [1.82, 2.24) is 19.8 Å². The molecule has 3 amide bonds. The van der Waals surface area contributed by atoms with E-state index in [0.717, 1.165) is 0 Å². The van der Waals surface area contributed by atoms with Crippen LogP contribution in [0.25, 0.3) is 0 Å². The van der Waals surface area contributed by atoms with Crippen molar-refractivity contribution in [3.63, 3.8) is 0 Å². The number of hydrogen-bond donors (Lipinski definition) is 2. The minimum absolute atomic E-state index is 0.212. The highest BCUT2D eigenvalue weighted by atomic mass is 32.2. The molecule has 168 valence electrons. The Labute approximate surface area is 178 Å². The van der Waals surface area contributed by atoms with E-state index < -0.39 is 33.5 Å². The summed E-state index contributed by atoms with van der Waals surface area (Å²) < 4.78 is 32.5. The van der Waals surface area contributed by atoms with E-state index in [9.17, 15) is 18.0 Å². The monoisotopic (exact) mass is 440 g/mol. The highest BCUT2D eigenvalue weighted by Crippen LogP contribution is 2.21. The van der Waals surface area contributed by atoms with Gasteiger partial charge in [0.05, 0.1) is 17.5 Å². The maximum absolute atomic E-state index is 12.9. The molecule has 0 radical (unpaired) electrons. The minimum atomic E-state index is -3.62. The first kappa shape index (κ1) is 24.1. The number of carbonyl (C=O) groups excluding carboxylic acids is 2. The van der Waals surface area contributed by atoms with E-state index in [-0.39, 0.29) is 18.0 Å². The van der Waals surface area contributed by atoms with Gasteiger partial charge in [-0.2, -0.15) is 4.31 Å². The first-order chi connectivity index (χ1) is 13.9. The summed E-state index contributed by atoms with van der Waals surface area (Å²) in [6.45, 7) is 10.9. The van der Waals surface area contributed by atoms with Crippen LogP contribution < -0.4 is 15.4 Å². The first-order valence-corrected chi connectivity index (χ1v) is 11.5. The maximum Gasteiger partial charge on any atom is 0.321 e. The molecule has 0 aliphatic carbocycles. The van der Waals surface area contributed by atoms with Gasteiger partial charge < -0.3 is 10.1 Å². The van der Waals surface area contributed by atoms with Gasteiger partial charge in [-0.3, -0.25) is 15.0 Å². The van der Waals surface area contributed by atoms with Crippen molar-refractivity contribution >= 4 is 22.0 Å². The second-order valence-electron chi connectivity index (χ2n) is 8.21. The highest BCUT2D eigenvalue weighted by molar-refractivity contribution is 7.89. The summed E-state index contributed by atoms with van der Waals surface area (Å²) in [5.41, 5.74) is -0.450. The van der Waals surface area contributed by atoms with Crippen molar-refractivity contribution in [3.8, 4) is 5.75 Å². The van der Waals surface area contributed by atoms with E-state index in [0.29, 0.717) is 25.4 Å². The standard InChI is InChI=1S/C20H32N4O5S/c1-6-29-16-7-9-17(10-8-16)30(27,28)24-13-11-23(12-14-24)15(2)18(25)21-19(26)22-20(3,4)5/h7-10,15H,6,11-14H2,1-5H3,(H2,21,22,25,26). The molecule has 1 atom stereocenters. The second kappa shape index (κ2) is 9.76. The van der Waals surface area contributed by atoms with Crippen LogP contribution in [0.1, 0.15) is 34.6 Å². The third-order valence-corrected chi connectivity index (χ3v) is 6.61. The van der Waals surface area contributed by atoms with Gasteiger partial charge in [0.2, 0.25) is 15.9 Å². The molecule has 1 heterocycles. The summed E-state index contributed by atoms with van der Waals surface area (Å²) in [7, 11) is -3.62. The summed E-state index contributed by atoms with van der Waals surface area (Å²) in [5, 5.41) is 5.02. The molecule has 1 aliphatic heterocycles. The van der Waals surface area contributed by atoms with Crippen molar-refractivity contribution in [2.45, 2.75) is 51.1 Å².